The molecule has 2 aromatic rings. The monoisotopic (exact) mass is 386 g/mol. The summed E-state index contributed by atoms with van der Waals surface area (Å²) < 4.78 is 23.4. The Bertz CT molecular complexity index is 931. The standard InChI is InChI=1S/C20H19FN2O5/c1-27-15-5-3-4-14(10-15)23-11-12(8-18(23)24)19(25)22-13-6-7-17(21)16(9-13)20(26)28-2/h3-7,9-10,12H,8,11H2,1-2H3,(H,22,25)/t12-/m0/s1. The first kappa shape index (κ1) is 19.3. The summed E-state index contributed by atoms with van der Waals surface area (Å²) in [4.78, 5) is 38.0. The summed E-state index contributed by atoms with van der Waals surface area (Å²) in [6.45, 7) is 0.211. The number of hydrogen-bond acceptors (Lipinski definition) is 5. The predicted octanol–water partition coefficient (Wildman–Crippen LogP) is 2.61. The Morgan fingerprint density at radius 3 is 2.68 bits per heavy atom. The van der Waals surface area contributed by atoms with Gasteiger partial charge in [-0.2, -0.15) is 0 Å². The fraction of sp³-hybridized carbons (Fsp3) is 0.250. The van der Waals surface area contributed by atoms with Gasteiger partial charge in [-0.15, -0.1) is 0 Å². The van der Waals surface area contributed by atoms with Crippen molar-refractivity contribution in [2.45, 2.75) is 6.42 Å². The Balaban J connectivity index is 1.72. The van der Waals surface area contributed by atoms with Crippen molar-refractivity contribution in [3.63, 3.8) is 0 Å². The number of carbonyl (C=O) groups is 3. The van der Waals surface area contributed by atoms with Gasteiger partial charge in [0, 0.05) is 30.4 Å². The van der Waals surface area contributed by atoms with Crippen LogP contribution in [0.2, 0.25) is 0 Å². The summed E-state index contributed by atoms with van der Waals surface area (Å²) in [5.74, 6) is -2.12. The Hall–Kier alpha value is -3.42. The third-order valence-electron chi connectivity index (χ3n) is 4.50. The van der Waals surface area contributed by atoms with Crippen LogP contribution < -0.4 is 15.0 Å². The molecule has 1 fully saturated rings. The van der Waals surface area contributed by atoms with E-state index in [0.717, 1.165) is 13.2 Å². The number of halogens is 1. The zero-order valence-electron chi connectivity index (χ0n) is 15.4. The van der Waals surface area contributed by atoms with Gasteiger partial charge in [0.05, 0.1) is 25.7 Å². The highest BCUT2D eigenvalue weighted by Crippen LogP contribution is 2.28. The lowest BCUT2D eigenvalue weighted by molar-refractivity contribution is -0.122. The third-order valence-corrected chi connectivity index (χ3v) is 4.50. The van der Waals surface area contributed by atoms with Gasteiger partial charge in [0.2, 0.25) is 11.8 Å². The van der Waals surface area contributed by atoms with Crippen molar-refractivity contribution in [1.29, 1.82) is 0 Å². The number of ether oxygens (including phenoxy) is 2. The summed E-state index contributed by atoms with van der Waals surface area (Å²) >= 11 is 0. The molecule has 0 spiro atoms. The number of carbonyl (C=O) groups excluding carboxylic acids is 3. The van der Waals surface area contributed by atoms with Crippen LogP contribution in [0.3, 0.4) is 0 Å². The molecule has 1 heterocycles. The SMILES string of the molecule is COC(=O)c1cc(NC(=O)[C@H]2CC(=O)N(c3cccc(OC)c3)C2)ccc1F. The predicted molar refractivity (Wildman–Crippen MR) is 99.8 cm³/mol. The van der Waals surface area contributed by atoms with Crippen molar-refractivity contribution in [3.05, 3.63) is 53.8 Å². The van der Waals surface area contributed by atoms with Gasteiger partial charge in [-0.3, -0.25) is 9.59 Å². The summed E-state index contributed by atoms with van der Waals surface area (Å²) in [5.41, 5.74) is 0.620. The molecule has 3 rings (SSSR count). The van der Waals surface area contributed by atoms with Gasteiger partial charge in [-0.1, -0.05) is 6.07 Å². The highest BCUT2D eigenvalue weighted by Gasteiger charge is 2.35. The molecular formula is C20H19FN2O5. The van der Waals surface area contributed by atoms with Gasteiger partial charge in [0.25, 0.3) is 0 Å². The number of methoxy groups -OCH3 is 2. The molecule has 0 radical (unpaired) electrons. The lowest BCUT2D eigenvalue weighted by Crippen LogP contribution is -2.28. The Labute approximate surface area is 161 Å². The second kappa shape index (κ2) is 8.08. The summed E-state index contributed by atoms with van der Waals surface area (Å²) in [6, 6.07) is 10.6. The van der Waals surface area contributed by atoms with Crippen LogP contribution in [0, 0.1) is 11.7 Å². The molecular weight excluding hydrogens is 367 g/mol. The molecule has 0 bridgehead atoms. The van der Waals surface area contributed by atoms with E-state index in [-0.39, 0.29) is 36.0 Å². The van der Waals surface area contributed by atoms with Gasteiger partial charge in [-0.25, -0.2) is 9.18 Å². The normalized spacial score (nSPS) is 16.0. The molecule has 7 nitrogen and oxygen atoms in total. The molecule has 2 aromatic carbocycles. The number of anilines is 2. The first-order valence-corrected chi connectivity index (χ1v) is 8.56. The molecule has 0 unspecified atom stereocenters. The fourth-order valence-electron chi connectivity index (χ4n) is 3.02. The third kappa shape index (κ3) is 3.95. The van der Waals surface area contributed by atoms with Crippen molar-refractivity contribution in [2.75, 3.05) is 31.0 Å². The number of amides is 2. The van der Waals surface area contributed by atoms with Crippen molar-refractivity contribution in [2.24, 2.45) is 5.92 Å². The second-order valence-corrected chi connectivity index (χ2v) is 6.28. The van der Waals surface area contributed by atoms with Crippen LogP contribution in [-0.4, -0.2) is 38.5 Å². The molecule has 1 saturated heterocycles. The van der Waals surface area contributed by atoms with Crippen LogP contribution in [0.4, 0.5) is 15.8 Å². The van der Waals surface area contributed by atoms with E-state index in [1.54, 1.807) is 24.3 Å². The quantitative estimate of drug-likeness (QED) is 0.799. The Morgan fingerprint density at radius 1 is 1.18 bits per heavy atom. The van der Waals surface area contributed by atoms with Gasteiger partial charge < -0.3 is 19.7 Å². The first-order chi connectivity index (χ1) is 13.4. The molecule has 1 atom stereocenters. The molecule has 1 aliphatic rings. The van der Waals surface area contributed by atoms with Crippen LogP contribution in [-0.2, 0) is 14.3 Å². The lowest BCUT2D eigenvalue weighted by Gasteiger charge is -2.17. The zero-order chi connectivity index (χ0) is 20.3. The van der Waals surface area contributed by atoms with E-state index in [1.807, 2.05) is 0 Å². The lowest BCUT2D eigenvalue weighted by atomic mass is 10.1. The van der Waals surface area contributed by atoms with Crippen molar-refractivity contribution < 1.29 is 28.2 Å². The Morgan fingerprint density at radius 2 is 1.96 bits per heavy atom. The fourth-order valence-corrected chi connectivity index (χ4v) is 3.02. The molecule has 0 aromatic heterocycles. The minimum Gasteiger partial charge on any atom is -0.497 e. The van der Waals surface area contributed by atoms with E-state index in [2.05, 4.69) is 10.1 Å². The largest absolute Gasteiger partial charge is 0.497 e. The highest BCUT2D eigenvalue weighted by molar-refractivity contribution is 6.04. The minimum absolute atomic E-state index is 0.0497. The van der Waals surface area contributed by atoms with E-state index in [0.29, 0.717) is 11.4 Å². The minimum atomic E-state index is -0.839. The number of esters is 1. The van der Waals surface area contributed by atoms with Gasteiger partial charge in [-0.05, 0) is 30.3 Å². The van der Waals surface area contributed by atoms with E-state index in [9.17, 15) is 18.8 Å². The van der Waals surface area contributed by atoms with Crippen LogP contribution in [0.1, 0.15) is 16.8 Å². The van der Waals surface area contributed by atoms with Crippen LogP contribution in [0.5, 0.6) is 5.75 Å². The van der Waals surface area contributed by atoms with Crippen LogP contribution in [0.25, 0.3) is 0 Å². The molecule has 0 aliphatic carbocycles. The van der Waals surface area contributed by atoms with Crippen LogP contribution in [0.15, 0.2) is 42.5 Å². The van der Waals surface area contributed by atoms with Crippen molar-refractivity contribution in [3.8, 4) is 5.75 Å². The molecule has 2 amide bonds. The zero-order valence-corrected chi connectivity index (χ0v) is 15.4. The van der Waals surface area contributed by atoms with E-state index >= 15 is 0 Å². The highest BCUT2D eigenvalue weighted by atomic mass is 19.1. The number of hydrogen-bond donors (Lipinski definition) is 1. The maximum atomic E-state index is 13.7. The second-order valence-electron chi connectivity index (χ2n) is 6.28. The first-order valence-electron chi connectivity index (χ1n) is 8.56. The smallest absolute Gasteiger partial charge is 0.340 e. The number of benzene rings is 2. The Kier molecular flexibility index (Phi) is 5.58. The average Bonchev–Trinajstić information content (AvgIpc) is 3.10. The molecule has 1 N–H and O–H groups in total. The maximum absolute atomic E-state index is 13.7. The van der Waals surface area contributed by atoms with Crippen molar-refractivity contribution in [1.82, 2.24) is 0 Å². The van der Waals surface area contributed by atoms with Gasteiger partial charge >= 0.3 is 5.97 Å². The number of rotatable bonds is 5. The maximum Gasteiger partial charge on any atom is 0.340 e. The van der Waals surface area contributed by atoms with E-state index < -0.39 is 17.7 Å². The summed E-state index contributed by atoms with van der Waals surface area (Å²) in [6.07, 6.45) is 0.0497. The van der Waals surface area contributed by atoms with Crippen LogP contribution >= 0.6 is 0 Å². The molecule has 8 heteroatoms. The molecule has 1 aliphatic heterocycles. The van der Waals surface area contributed by atoms with Gasteiger partial charge in [0.15, 0.2) is 0 Å². The molecule has 0 saturated carbocycles. The number of nitrogens with one attached hydrogen (secondary N) is 1. The summed E-state index contributed by atoms with van der Waals surface area (Å²) in [7, 11) is 2.68. The number of nitrogens with zero attached hydrogens (tertiary/aromatic N) is 1. The molecule has 146 valence electrons. The van der Waals surface area contributed by atoms with E-state index in [1.165, 1.54) is 24.1 Å². The van der Waals surface area contributed by atoms with Crippen molar-refractivity contribution >= 4 is 29.2 Å². The molecule has 28 heavy (non-hydrogen) atoms. The van der Waals surface area contributed by atoms with Gasteiger partial charge in [0.1, 0.15) is 11.6 Å². The topological polar surface area (TPSA) is 84.9 Å². The average molecular weight is 386 g/mol. The summed E-state index contributed by atoms with van der Waals surface area (Å²) in [5, 5.41) is 2.63. The van der Waals surface area contributed by atoms with E-state index in [4.69, 9.17) is 4.74 Å².